The molecule has 23 heavy (non-hydrogen) atoms. The first-order chi connectivity index (χ1) is 11.0. The number of carbonyl (C=O) groups excluding carboxylic acids is 1. The van der Waals surface area contributed by atoms with E-state index in [-0.39, 0.29) is 0 Å². The third-order valence-electron chi connectivity index (χ3n) is 3.27. The number of benzene rings is 2. The van der Waals surface area contributed by atoms with Gasteiger partial charge in [-0.1, -0.05) is 30.0 Å². The van der Waals surface area contributed by atoms with Gasteiger partial charge in [-0.3, -0.25) is 4.79 Å². The Kier molecular flexibility index (Phi) is 3.93. The van der Waals surface area contributed by atoms with E-state index < -0.39 is 11.7 Å². The van der Waals surface area contributed by atoms with Crippen LogP contribution in [0.2, 0.25) is 0 Å². The van der Waals surface area contributed by atoms with Crippen LogP contribution < -0.4 is 0 Å². The Hall–Kier alpha value is -2.58. The van der Waals surface area contributed by atoms with Gasteiger partial charge in [-0.05, 0) is 30.3 Å². The highest BCUT2D eigenvalue weighted by molar-refractivity contribution is 7.20. The summed E-state index contributed by atoms with van der Waals surface area (Å²) in [6.45, 7) is 0. The van der Waals surface area contributed by atoms with Crippen LogP contribution in [-0.2, 0) is 6.18 Å². The van der Waals surface area contributed by atoms with E-state index in [0.29, 0.717) is 16.0 Å². The fourth-order valence-corrected chi connectivity index (χ4v) is 3.13. The van der Waals surface area contributed by atoms with Gasteiger partial charge in [0.25, 0.3) is 0 Å². The van der Waals surface area contributed by atoms with Crippen LogP contribution in [0, 0.1) is 11.8 Å². The molecule has 0 atom stereocenters. The molecule has 0 aliphatic carbocycles. The van der Waals surface area contributed by atoms with Gasteiger partial charge in [0, 0.05) is 15.6 Å². The highest BCUT2D eigenvalue weighted by Crippen LogP contribution is 2.30. The number of halogens is 3. The van der Waals surface area contributed by atoms with Crippen LogP contribution in [0.3, 0.4) is 0 Å². The molecule has 0 N–H and O–H groups in total. The fourth-order valence-electron chi connectivity index (χ4n) is 2.15. The molecule has 0 aliphatic rings. The van der Waals surface area contributed by atoms with Crippen LogP contribution in [0.4, 0.5) is 13.2 Å². The van der Waals surface area contributed by atoms with E-state index in [1.165, 1.54) is 23.5 Å². The summed E-state index contributed by atoms with van der Waals surface area (Å²) in [6, 6.07) is 12.1. The number of hydrogen-bond donors (Lipinski definition) is 0. The smallest absolute Gasteiger partial charge is 0.297 e. The summed E-state index contributed by atoms with van der Waals surface area (Å²) >= 11 is 1.35. The number of alkyl halides is 3. The summed E-state index contributed by atoms with van der Waals surface area (Å²) < 4.78 is 38.5. The lowest BCUT2D eigenvalue weighted by Crippen LogP contribution is -2.04. The molecule has 0 saturated carbocycles. The monoisotopic (exact) mass is 330 g/mol. The van der Waals surface area contributed by atoms with Crippen molar-refractivity contribution < 1.29 is 18.0 Å². The van der Waals surface area contributed by atoms with E-state index in [0.717, 1.165) is 28.5 Å². The van der Waals surface area contributed by atoms with Crippen LogP contribution in [0.25, 0.3) is 10.1 Å². The molecule has 0 spiro atoms. The third-order valence-corrected chi connectivity index (χ3v) is 4.37. The fraction of sp³-hybridized carbons (Fsp3) is 0.0556. The van der Waals surface area contributed by atoms with Crippen molar-refractivity contribution in [3.05, 3.63) is 70.1 Å². The molecule has 3 rings (SSSR count). The van der Waals surface area contributed by atoms with Crippen molar-refractivity contribution in [3.63, 3.8) is 0 Å². The van der Waals surface area contributed by atoms with Gasteiger partial charge in [-0.15, -0.1) is 11.3 Å². The molecule has 0 fully saturated rings. The van der Waals surface area contributed by atoms with Gasteiger partial charge in [0.1, 0.15) is 0 Å². The zero-order valence-corrected chi connectivity index (χ0v) is 12.5. The SMILES string of the molecule is O=Cc1sc2ccccc2c1C#Cc1ccc(C(F)(F)F)cc1. The number of hydrogen-bond acceptors (Lipinski definition) is 2. The summed E-state index contributed by atoms with van der Waals surface area (Å²) in [4.78, 5) is 11.7. The predicted molar refractivity (Wildman–Crippen MR) is 84.6 cm³/mol. The van der Waals surface area contributed by atoms with Crippen LogP contribution in [0.5, 0.6) is 0 Å². The number of rotatable bonds is 1. The molecule has 1 heterocycles. The standard InChI is InChI=1S/C18H9F3OS/c19-18(20,21)13-8-5-12(6-9-13)7-10-15-14-3-1-2-4-16(14)23-17(15)11-22/h1-6,8-9,11H. The maximum atomic E-state index is 12.5. The van der Waals surface area contributed by atoms with E-state index in [1.807, 2.05) is 24.3 Å². The third kappa shape index (κ3) is 3.13. The van der Waals surface area contributed by atoms with Gasteiger partial charge < -0.3 is 0 Å². The molecule has 1 nitrogen and oxygen atoms in total. The van der Waals surface area contributed by atoms with E-state index in [9.17, 15) is 18.0 Å². The second-order valence-corrected chi connectivity index (χ2v) is 5.86. The zero-order chi connectivity index (χ0) is 16.4. The lowest BCUT2D eigenvalue weighted by Gasteiger charge is -2.05. The van der Waals surface area contributed by atoms with E-state index in [2.05, 4.69) is 11.8 Å². The molecule has 3 aromatic rings. The molecule has 0 unspecified atom stereocenters. The van der Waals surface area contributed by atoms with Crippen LogP contribution in [0.15, 0.2) is 48.5 Å². The normalized spacial score (nSPS) is 11.1. The minimum Gasteiger partial charge on any atom is -0.297 e. The lowest BCUT2D eigenvalue weighted by molar-refractivity contribution is -0.137. The molecule has 5 heteroatoms. The maximum absolute atomic E-state index is 12.5. The highest BCUT2D eigenvalue weighted by atomic mass is 32.1. The number of thiophene rings is 1. The lowest BCUT2D eigenvalue weighted by atomic mass is 10.1. The number of carbonyl (C=O) groups is 1. The second kappa shape index (κ2) is 5.90. The van der Waals surface area contributed by atoms with Crippen molar-refractivity contribution in [1.82, 2.24) is 0 Å². The molecular formula is C18H9F3OS. The van der Waals surface area contributed by atoms with Gasteiger partial charge in [-0.25, -0.2) is 0 Å². The first-order valence-electron chi connectivity index (χ1n) is 6.65. The first-order valence-corrected chi connectivity index (χ1v) is 7.46. The van der Waals surface area contributed by atoms with E-state index >= 15 is 0 Å². The molecular weight excluding hydrogens is 321 g/mol. The second-order valence-electron chi connectivity index (χ2n) is 4.78. The van der Waals surface area contributed by atoms with Gasteiger partial charge in [0.15, 0.2) is 6.29 Å². The summed E-state index contributed by atoms with van der Waals surface area (Å²) in [5.74, 6) is 5.73. The van der Waals surface area contributed by atoms with Crippen molar-refractivity contribution in [2.24, 2.45) is 0 Å². The molecule has 0 amide bonds. The van der Waals surface area contributed by atoms with Gasteiger partial charge in [0.05, 0.1) is 16.0 Å². The minimum absolute atomic E-state index is 0.463. The highest BCUT2D eigenvalue weighted by Gasteiger charge is 2.29. The number of fused-ring (bicyclic) bond motifs is 1. The van der Waals surface area contributed by atoms with E-state index in [4.69, 9.17) is 0 Å². The van der Waals surface area contributed by atoms with Crippen molar-refractivity contribution in [3.8, 4) is 11.8 Å². The topological polar surface area (TPSA) is 17.1 Å². The summed E-state index contributed by atoms with van der Waals surface area (Å²) in [5, 5.41) is 0.874. The molecule has 2 aromatic carbocycles. The van der Waals surface area contributed by atoms with Gasteiger partial charge in [-0.2, -0.15) is 13.2 Å². The van der Waals surface area contributed by atoms with Crippen molar-refractivity contribution >= 4 is 27.7 Å². The zero-order valence-electron chi connectivity index (χ0n) is 11.6. The quantitative estimate of drug-likeness (QED) is 0.446. The van der Waals surface area contributed by atoms with Crippen molar-refractivity contribution in [1.29, 1.82) is 0 Å². The Balaban J connectivity index is 2.00. The molecule has 0 aliphatic heterocycles. The van der Waals surface area contributed by atoms with Crippen LogP contribution >= 0.6 is 11.3 Å². The summed E-state index contributed by atoms with van der Waals surface area (Å²) in [6.07, 6.45) is -3.61. The predicted octanol–water partition coefficient (Wildman–Crippen LogP) is 5.13. The van der Waals surface area contributed by atoms with Gasteiger partial charge in [0.2, 0.25) is 0 Å². The molecule has 0 saturated heterocycles. The maximum Gasteiger partial charge on any atom is 0.416 e. The Bertz CT molecular complexity index is 925. The Morgan fingerprint density at radius 2 is 1.65 bits per heavy atom. The van der Waals surface area contributed by atoms with Crippen molar-refractivity contribution in [2.75, 3.05) is 0 Å². The van der Waals surface area contributed by atoms with Gasteiger partial charge >= 0.3 is 6.18 Å². The largest absolute Gasteiger partial charge is 0.416 e. The molecule has 0 bridgehead atoms. The summed E-state index contributed by atoms with van der Waals surface area (Å²) in [7, 11) is 0. The molecule has 1 aromatic heterocycles. The van der Waals surface area contributed by atoms with Crippen LogP contribution in [0.1, 0.15) is 26.4 Å². The first kappa shape index (κ1) is 15.3. The summed E-state index contributed by atoms with van der Waals surface area (Å²) in [5.41, 5.74) is 0.364. The average molecular weight is 330 g/mol. The number of aldehydes is 1. The molecule has 114 valence electrons. The van der Waals surface area contributed by atoms with Crippen molar-refractivity contribution in [2.45, 2.75) is 6.18 Å². The Morgan fingerprint density at radius 3 is 2.30 bits per heavy atom. The Morgan fingerprint density at radius 1 is 0.957 bits per heavy atom. The average Bonchev–Trinajstić information content (AvgIpc) is 2.90. The Labute approximate surface area is 134 Å². The minimum atomic E-state index is -4.36. The van der Waals surface area contributed by atoms with Crippen LogP contribution in [-0.4, -0.2) is 6.29 Å². The molecule has 0 radical (unpaired) electrons. The van der Waals surface area contributed by atoms with E-state index in [1.54, 1.807) is 0 Å².